The van der Waals surface area contributed by atoms with E-state index in [-0.39, 0.29) is 6.04 Å². The van der Waals surface area contributed by atoms with E-state index in [0.29, 0.717) is 6.54 Å². The van der Waals surface area contributed by atoms with Gasteiger partial charge in [0.25, 0.3) is 0 Å². The molecule has 114 valence electrons. The quantitative estimate of drug-likeness (QED) is 0.716. The maximum Gasteiger partial charge on any atom is 0.0551 e. The fourth-order valence-corrected chi connectivity index (χ4v) is 3.01. The zero-order valence-corrected chi connectivity index (χ0v) is 15.0. The summed E-state index contributed by atoms with van der Waals surface area (Å²) in [5, 5.41) is 0.750. The fraction of sp³-hybridized carbons (Fsp3) is 0.625. The van der Waals surface area contributed by atoms with Crippen LogP contribution in [0.2, 0.25) is 5.02 Å². The summed E-state index contributed by atoms with van der Waals surface area (Å²) in [6.45, 7) is 9.44. The lowest BCUT2D eigenvalue weighted by Crippen LogP contribution is -2.37. The largest absolute Gasteiger partial charge is 0.329 e. The van der Waals surface area contributed by atoms with Crippen LogP contribution < -0.4 is 5.73 Å². The molecule has 1 aromatic rings. The van der Waals surface area contributed by atoms with Gasteiger partial charge in [-0.25, -0.2) is 0 Å². The molecule has 0 aromatic heterocycles. The molecule has 0 fully saturated rings. The number of hydrogen-bond donors (Lipinski definition) is 1. The van der Waals surface area contributed by atoms with Gasteiger partial charge in [0.15, 0.2) is 0 Å². The number of nitrogens with two attached hydrogens (primary N) is 1. The van der Waals surface area contributed by atoms with Gasteiger partial charge in [0.2, 0.25) is 0 Å². The van der Waals surface area contributed by atoms with E-state index in [4.69, 9.17) is 17.3 Å². The molecule has 0 heterocycles. The van der Waals surface area contributed by atoms with Crippen molar-refractivity contribution >= 4 is 27.5 Å². The SMILES string of the molecule is CCC(CC)CN(CC)C(CN)c1ccc(Br)c(Cl)c1. The van der Waals surface area contributed by atoms with E-state index >= 15 is 0 Å². The third-order valence-corrected chi connectivity index (χ3v) is 5.28. The number of likely N-dealkylation sites (N-methyl/N-ethyl adjacent to an activating group) is 1. The number of halogens is 2. The lowest BCUT2D eigenvalue weighted by molar-refractivity contribution is 0.174. The van der Waals surface area contributed by atoms with Gasteiger partial charge in [-0.2, -0.15) is 0 Å². The Morgan fingerprint density at radius 2 is 1.90 bits per heavy atom. The van der Waals surface area contributed by atoms with Crippen molar-refractivity contribution in [3.63, 3.8) is 0 Å². The Kier molecular flexibility index (Phi) is 8.11. The summed E-state index contributed by atoms with van der Waals surface area (Å²) in [7, 11) is 0. The first kappa shape index (κ1) is 18.0. The van der Waals surface area contributed by atoms with Crippen molar-refractivity contribution in [3.8, 4) is 0 Å². The Morgan fingerprint density at radius 3 is 2.35 bits per heavy atom. The molecule has 0 spiro atoms. The van der Waals surface area contributed by atoms with Gasteiger partial charge in [-0.3, -0.25) is 4.90 Å². The minimum atomic E-state index is 0.242. The van der Waals surface area contributed by atoms with Gasteiger partial charge < -0.3 is 5.73 Å². The van der Waals surface area contributed by atoms with Crippen LogP contribution in [-0.2, 0) is 0 Å². The summed E-state index contributed by atoms with van der Waals surface area (Å²) >= 11 is 9.66. The first-order valence-electron chi connectivity index (χ1n) is 7.46. The molecule has 2 N–H and O–H groups in total. The summed E-state index contributed by atoms with van der Waals surface area (Å²) in [5.41, 5.74) is 7.23. The van der Waals surface area contributed by atoms with Crippen LogP contribution in [0.1, 0.15) is 45.2 Å². The molecule has 1 rings (SSSR count). The predicted molar refractivity (Wildman–Crippen MR) is 92.3 cm³/mol. The number of rotatable bonds is 8. The van der Waals surface area contributed by atoms with E-state index in [1.165, 1.54) is 18.4 Å². The van der Waals surface area contributed by atoms with E-state index in [2.05, 4.69) is 47.7 Å². The van der Waals surface area contributed by atoms with Crippen LogP contribution in [0.25, 0.3) is 0 Å². The molecule has 4 heteroatoms. The highest BCUT2D eigenvalue weighted by Gasteiger charge is 2.20. The molecule has 1 unspecified atom stereocenters. The van der Waals surface area contributed by atoms with Crippen molar-refractivity contribution < 1.29 is 0 Å². The lowest BCUT2D eigenvalue weighted by Gasteiger charge is -2.33. The van der Waals surface area contributed by atoms with E-state index in [1.807, 2.05) is 12.1 Å². The first-order valence-corrected chi connectivity index (χ1v) is 8.63. The van der Waals surface area contributed by atoms with Gasteiger partial charge in [0.1, 0.15) is 0 Å². The molecule has 1 aromatic carbocycles. The van der Waals surface area contributed by atoms with Crippen molar-refractivity contribution in [3.05, 3.63) is 33.3 Å². The predicted octanol–water partition coefficient (Wildman–Crippen LogP) is 4.86. The van der Waals surface area contributed by atoms with Crippen LogP contribution in [0.5, 0.6) is 0 Å². The Labute approximate surface area is 136 Å². The van der Waals surface area contributed by atoms with Crippen LogP contribution in [-0.4, -0.2) is 24.5 Å². The van der Waals surface area contributed by atoms with E-state index in [1.54, 1.807) is 0 Å². The molecule has 20 heavy (non-hydrogen) atoms. The van der Waals surface area contributed by atoms with Crippen molar-refractivity contribution in [2.45, 2.75) is 39.7 Å². The van der Waals surface area contributed by atoms with Crippen LogP contribution in [0.15, 0.2) is 22.7 Å². The average molecular weight is 362 g/mol. The van der Waals surface area contributed by atoms with Gasteiger partial charge in [-0.15, -0.1) is 0 Å². The number of nitrogens with zero attached hydrogens (tertiary/aromatic N) is 1. The molecule has 0 radical (unpaired) electrons. The monoisotopic (exact) mass is 360 g/mol. The molecular weight excluding hydrogens is 336 g/mol. The summed E-state index contributed by atoms with van der Waals surface area (Å²) in [5.74, 6) is 0.731. The lowest BCUT2D eigenvalue weighted by atomic mass is 9.99. The van der Waals surface area contributed by atoms with E-state index in [9.17, 15) is 0 Å². The van der Waals surface area contributed by atoms with Crippen molar-refractivity contribution in [2.75, 3.05) is 19.6 Å². The maximum absolute atomic E-state index is 6.22. The third kappa shape index (κ3) is 4.73. The molecule has 0 saturated heterocycles. The fourth-order valence-electron chi connectivity index (χ4n) is 2.57. The molecule has 2 nitrogen and oxygen atoms in total. The maximum atomic E-state index is 6.22. The van der Waals surface area contributed by atoms with Crippen LogP contribution in [0.3, 0.4) is 0 Å². The normalized spacial score (nSPS) is 13.2. The average Bonchev–Trinajstić information content (AvgIpc) is 2.46. The Balaban J connectivity index is 2.93. The molecule has 0 saturated carbocycles. The van der Waals surface area contributed by atoms with E-state index < -0.39 is 0 Å². The van der Waals surface area contributed by atoms with Crippen molar-refractivity contribution in [1.29, 1.82) is 0 Å². The third-order valence-electron chi connectivity index (χ3n) is 4.05. The Morgan fingerprint density at radius 1 is 1.25 bits per heavy atom. The van der Waals surface area contributed by atoms with Gasteiger partial charge in [0.05, 0.1) is 5.02 Å². The van der Waals surface area contributed by atoms with Gasteiger partial charge in [0, 0.05) is 23.6 Å². The molecule has 0 aliphatic rings. The summed E-state index contributed by atoms with van der Waals surface area (Å²) in [6.07, 6.45) is 2.43. The molecular formula is C16H26BrClN2. The van der Waals surface area contributed by atoms with Crippen molar-refractivity contribution in [1.82, 2.24) is 4.90 Å². The smallest absolute Gasteiger partial charge is 0.0551 e. The molecule has 0 aliphatic heterocycles. The highest BCUT2D eigenvalue weighted by Crippen LogP contribution is 2.29. The van der Waals surface area contributed by atoms with E-state index in [0.717, 1.165) is 28.5 Å². The second-order valence-electron chi connectivity index (χ2n) is 5.20. The molecule has 1 atom stereocenters. The number of benzene rings is 1. The minimum absolute atomic E-state index is 0.242. The Bertz CT molecular complexity index is 407. The molecule has 0 amide bonds. The number of hydrogen-bond acceptors (Lipinski definition) is 2. The van der Waals surface area contributed by atoms with Gasteiger partial charge >= 0.3 is 0 Å². The van der Waals surface area contributed by atoms with Crippen molar-refractivity contribution in [2.24, 2.45) is 11.7 Å². The highest BCUT2D eigenvalue weighted by molar-refractivity contribution is 9.10. The van der Waals surface area contributed by atoms with Crippen LogP contribution in [0, 0.1) is 5.92 Å². The second-order valence-corrected chi connectivity index (χ2v) is 6.46. The molecule has 0 bridgehead atoms. The van der Waals surface area contributed by atoms with Crippen LogP contribution >= 0.6 is 27.5 Å². The zero-order valence-electron chi connectivity index (χ0n) is 12.7. The summed E-state index contributed by atoms with van der Waals surface area (Å²) in [4.78, 5) is 2.47. The summed E-state index contributed by atoms with van der Waals surface area (Å²) < 4.78 is 0.932. The molecule has 0 aliphatic carbocycles. The minimum Gasteiger partial charge on any atom is -0.329 e. The zero-order chi connectivity index (χ0) is 15.1. The van der Waals surface area contributed by atoms with Gasteiger partial charge in [-0.05, 0) is 46.1 Å². The van der Waals surface area contributed by atoms with Gasteiger partial charge in [-0.1, -0.05) is 51.3 Å². The Hall–Kier alpha value is -0.0900. The van der Waals surface area contributed by atoms with Crippen LogP contribution in [0.4, 0.5) is 0 Å². The highest BCUT2D eigenvalue weighted by atomic mass is 79.9. The standard InChI is InChI=1S/C16H26BrClN2/c1-4-12(5-2)11-20(6-3)16(10-19)13-7-8-14(17)15(18)9-13/h7-9,12,16H,4-6,10-11,19H2,1-3H3. The second kappa shape index (κ2) is 9.04. The first-order chi connectivity index (χ1) is 9.57. The topological polar surface area (TPSA) is 29.3 Å². The summed E-state index contributed by atoms with van der Waals surface area (Å²) in [6, 6.07) is 6.39.